The first-order valence-electron chi connectivity index (χ1n) is 12.8. The highest BCUT2D eigenvalue weighted by Crippen LogP contribution is 2.13. The lowest BCUT2D eigenvalue weighted by molar-refractivity contribution is -0.116. The lowest BCUT2D eigenvalue weighted by Gasteiger charge is -2.08. The van der Waals surface area contributed by atoms with Crippen LogP contribution in [0, 0.1) is 0 Å². The van der Waals surface area contributed by atoms with Crippen LogP contribution in [0.25, 0.3) is 0 Å². The molecule has 0 saturated heterocycles. The van der Waals surface area contributed by atoms with Gasteiger partial charge >= 0.3 is 0 Å². The standard InChI is InChI=1S/C20H43N.C6H10ClNO2/c1-4-5-6-7-8-9-10-11-12-13-14-15-16-17-18-19-20-21(2)3;1-2-6(10)8-4-5(9)3-7/h4-20H2,1-3H3;2,5,9H,1,3-4H2,(H,8,10). The van der Waals surface area contributed by atoms with Gasteiger partial charge in [0.05, 0.1) is 12.0 Å². The first-order chi connectivity index (χ1) is 15.0. The van der Waals surface area contributed by atoms with Gasteiger partial charge in [-0.3, -0.25) is 4.79 Å². The highest BCUT2D eigenvalue weighted by molar-refractivity contribution is 6.18. The molecular formula is C26H53ClN2O2. The molecule has 186 valence electrons. The quantitative estimate of drug-likeness (QED) is 0.114. The number of aliphatic hydroxyl groups is 1. The van der Waals surface area contributed by atoms with Crippen LogP contribution >= 0.6 is 11.6 Å². The van der Waals surface area contributed by atoms with Gasteiger partial charge in [-0.1, -0.05) is 110 Å². The van der Waals surface area contributed by atoms with Crippen molar-refractivity contribution in [1.29, 1.82) is 0 Å². The van der Waals surface area contributed by atoms with Crippen molar-refractivity contribution in [2.75, 3.05) is 33.1 Å². The molecule has 2 N–H and O–H groups in total. The number of hydrogen-bond acceptors (Lipinski definition) is 3. The van der Waals surface area contributed by atoms with Gasteiger partial charge in [0.25, 0.3) is 0 Å². The zero-order valence-electron chi connectivity index (χ0n) is 21.0. The summed E-state index contributed by atoms with van der Waals surface area (Å²) in [5.41, 5.74) is 0. The average Bonchev–Trinajstić information content (AvgIpc) is 2.77. The Bertz CT molecular complexity index is 378. The van der Waals surface area contributed by atoms with E-state index in [2.05, 4.69) is 37.8 Å². The molecule has 0 fully saturated rings. The molecule has 0 aliphatic carbocycles. The molecule has 31 heavy (non-hydrogen) atoms. The summed E-state index contributed by atoms with van der Waals surface area (Å²) in [5, 5.41) is 11.2. The lowest BCUT2D eigenvalue weighted by Crippen LogP contribution is -2.31. The van der Waals surface area contributed by atoms with Crippen LogP contribution in [0.2, 0.25) is 0 Å². The number of carbonyl (C=O) groups is 1. The van der Waals surface area contributed by atoms with E-state index in [-0.39, 0.29) is 18.3 Å². The Labute approximate surface area is 199 Å². The number of aliphatic hydroxyl groups excluding tert-OH is 1. The van der Waals surface area contributed by atoms with Crippen molar-refractivity contribution in [1.82, 2.24) is 10.2 Å². The minimum absolute atomic E-state index is 0.122. The van der Waals surface area contributed by atoms with E-state index < -0.39 is 6.10 Å². The summed E-state index contributed by atoms with van der Waals surface area (Å²) in [6.45, 7) is 6.97. The van der Waals surface area contributed by atoms with Gasteiger partial charge in [0.1, 0.15) is 0 Å². The number of halogens is 1. The number of rotatable bonds is 21. The predicted molar refractivity (Wildman–Crippen MR) is 138 cm³/mol. The highest BCUT2D eigenvalue weighted by atomic mass is 35.5. The van der Waals surface area contributed by atoms with E-state index in [1.54, 1.807) is 0 Å². The molecular weight excluding hydrogens is 408 g/mol. The molecule has 0 aliphatic rings. The smallest absolute Gasteiger partial charge is 0.243 e. The molecule has 0 bridgehead atoms. The summed E-state index contributed by atoms with van der Waals surface area (Å²) in [7, 11) is 4.34. The fourth-order valence-electron chi connectivity index (χ4n) is 3.32. The molecule has 0 rings (SSSR count). The maximum atomic E-state index is 10.4. The molecule has 0 spiro atoms. The summed E-state index contributed by atoms with van der Waals surface area (Å²) < 4.78 is 0. The van der Waals surface area contributed by atoms with Crippen LogP contribution in [0.4, 0.5) is 0 Å². The largest absolute Gasteiger partial charge is 0.390 e. The normalized spacial score (nSPS) is 11.7. The summed E-state index contributed by atoms with van der Waals surface area (Å²) in [5.74, 6) is -0.179. The Morgan fingerprint density at radius 3 is 1.58 bits per heavy atom. The predicted octanol–water partition coefficient (Wildman–Crippen LogP) is 6.70. The van der Waals surface area contributed by atoms with Crippen molar-refractivity contribution in [2.45, 2.75) is 116 Å². The van der Waals surface area contributed by atoms with Crippen LogP contribution in [0.1, 0.15) is 110 Å². The first kappa shape index (κ1) is 32.6. The summed E-state index contributed by atoms with van der Waals surface area (Å²) in [4.78, 5) is 12.7. The van der Waals surface area contributed by atoms with Crippen LogP contribution in [0.3, 0.4) is 0 Å². The molecule has 1 amide bonds. The molecule has 0 radical (unpaired) electrons. The SMILES string of the molecule is C=CC(=O)NCC(O)CCl.CCCCCCCCCCCCCCCCCCN(C)C. The van der Waals surface area contributed by atoms with E-state index in [1.807, 2.05) is 0 Å². The number of amides is 1. The van der Waals surface area contributed by atoms with E-state index >= 15 is 0 Å². The maximum Gasteiger partial charge on any atom is 0.243 e. The summed E-state index contributed by atoms with van der Waals surface area (Å²) >= 11 is 5.25. The molecule has 5 heteroatoms. The number of hydrogen-bond donors (Lipinski definition) is 2. The van der Waals surface area contributed by atoms with E-state index in [0.717, 1.165) is 6.08 Å². The van der Waals surface area contributed by atoms with Crippen LogP contribution < -0.4 is 5.32 Å². The highest BCUT2D eigenvalue weighted by Gasteiger charge is 2.01. The van der Waals surface area contributed by atoms with Crippen LogP contribution in [-0.4, -0.2) is 55.1 Å². The van der Waals surface area contributed by atoms with Gasteiger partial charge < -0.3 is 15.3 Å². The molecule has 0 heterocycles. The zero-order chi connectivity index (χ0) is 23.6. The molecule has 0 saturated carbocycles. The minimum atomic E-state index is -0.675. The van der Waals surface area contributed by atoms with Gasteiger partial charge in [0.2, 0.25) is 5.91 Å². The van der Waals surface area contributed by atoms with Gasteiger partial charge in [-0.25, -0.2) is 0 Å². The summed E-state index contributed by atoms with van der Waals surface area (Å²) in [6, 6.07) is 0. The van der Waals surface area contributed by atoms with Gasteiger partial charge in [-0.05, 0) is 33.1 Å². The average molecular weight is 461 g/mol. The van der Waals surface area contributed by atoms with Gasteiger partial charge in [0, 0.05) is 6.54 Å². The molecule has 4 nitrogen and oxygen atoms in total. The monoisotopic (exact) mass is 460 g/mol. The van der Waals surface area contributed by atoms with E-state index in [1.165, 1.54) is 109 Å². The minimum Gasteiger partial charge on any atom is -0.390 e. The molecule has 0 aliphatic heterocycles. The summed E-state index contributed by atoms with van der Waals surface area (Å²) in [6.07, 6.45) is 23.8. The number of carbonyl (C=O) groups excluding carboxylic acids is 1. The number of unbranched alkanes of at least 4 members (excludes halogenated alkanes) is 15. The Morgan fingerprint density at radius 1 is 0.871 bits per heavy atom. The molecule has 1 atom stereocenters. The van der Waals surface area contributed by atoms with Gasteiger partial charge in [0.15, 0.2) is 0 Å². The van der Waals surface area contributed by atoms with Crippen molar-refractivity contribution < 1.29 is 9.90 Å². The van der Waals surface area contributed by atoms with Crippen molar-refractivity contribution in [3.05, 3.63) is 12.7 Å². The van der Waals surface area contributed by atoms with Crippen molar-refractivity contribution in [3.8, 4) is 0 Å². The van der Waals surface area contributed by atoms with E-state index in [9.17, 15) is 4.79 Å². The third kappa shape index (κ3) is 31.7. The Morgan fingerprint density at radius 2 is 1.26 bits per heavy atom. The first-order valence-corrected chi connectivity index (χ1v) is 13.3. The topological polar surface area (TPSA) is 52.6 Å². The van der Waals surface area contributed by atoms with E-state index in [4.69, 9.17) is 16.7 Å². The fraction of sp³-hybridized carbons (Fsp3) is 0.885. The van der Waals surface area contributed by atoms with Gasteiger partial charge in [-0.2, -0.15) is 0 Å². The Hall–Kier alpha value is -0.580. The number of nitrogens with one attached hydrogen (secondary N) is 1. The molecule has 1 unspecified atom stereocenters. The zero-order valence-corrected chi connectivity index (χ0v) is 21.7. The second-order valence-electron chi connectivity index (χ2n) is 8.86. The Balaban J connectivity index is 0. The molecule has 0 aromatic carbocycles. The number of alkyl halides is 1. The third-order valence-corrected chi connectivity index (χ3v) is 5.69. The van der Waals surface area contributed by atoms with Crippen LogP contribution in [0.5, 0.6) is 0 Å². The second kappa shape index (κ2) is 27.5. The van der Waals surface area contributed by atoms with Crippen molar-refractivity contribution >= 4 is 17.5 Å². The van der Waals surface area contributed by atoms with Crippen molar-refractivity contribution in [3.63, 3.8) is 0 Å². The Kier molecular flexibility index (Phi) is 28.9. The molecule has 0 aromatic rings. The molecule has 0 aromatic heterocycles. The maximum absolute atomic E-state index is 10.4. The second-order valence-corrected chi connectivity index (χ2v) is 9.17. The fourth-order valence-corrected chi connectivity index (χ4v) is 3.43. The van der Waals surface area contributed by atoms with Crippen LogP contribution in [0.15, 0.2) is 12.7 Å². The lowest BCUT2D eigenvalue weighted by atomic mass is 10.0. The van der Waals surface area contributed by atoms with Gasteiger partial charge in [-0.15, -0.1) is 11.6 Å². The van der Waals surface area contributed by atoms with E-state index in [0.29, 0.717) is 0 Å². The third-order valence-electron chi connectivity index (χ3n) is 5.33. The van der Waals surface area contributed by atoms with Crippen LogP contribution in [-0.2, 0) is 4.79 Å². The van der Waals surface area contributed by atoms with Crippen molar-refractivity contribution in [2.24, 2.45) is 0 Å². The number of nitrogens with zero attached hydrogens (tertiary/aromatic N) is 1.